The molecule has 0 aliphatic heterocycles. The molecule has 3 aromatic rings. The maximum Gasteiger partial charge on any atom is 0.306 e. The lowest BCUT2D eigenvalue weighted by molar-refractivity contribution is -0.158. The Bertz CT molecular complexity index is 1290. The van der Waals surface area contributed by atoms with Crippen molar-refractivity contribution in [3.05, 3.63) is 62.2 Å². The molecule has 1 saturated carbocycles. The summed E-state index contributed by atoms with van der Waals surface area (Å²) in [5, 5.41) is 19.0. The van der Waals surface area contributed by atoms with Crippen LogP contribution in [0, 0.1) is 17.2 Å². The highest BCUT2D eigenvalue weighted by Gasteiger charge is 2.49. The van der Waals surface area contributed by atoms with Gasteiger partial charge in [-0.1, -0.05) is 17.7 Å². The minimum atomic E-state index is -1.05. The topological polar surface area (TPSA) is 110 Å². The van der Waals surface area contributed by atoms with Crippen LogP contribution in [0.1, 0.15) is 12.8 Å². The summed E-state index contributed by atoms with van der Waals surface area (Å²) in [6.07, 6.45) is 0.358. The van der Waals surface area contributed by atoms with Gasteiger partial charge in [0.2, 0.25) is 0 Å². The van der Waals surface area contributed by atoms with Gasteiger partial charge in [-0.3, -0.25) is 9.59 Å². The number of carboxylic acid groups (broad SMARTS) is 1. The Kier molecular flexibility index (Phi) is 6.24. The van der Waals surface area contributed by atoms with E-state index >= 15 is 0 Å². The lowest BCUT2D eigenvalue weighted by Crippen LogP contribution is -2.48. The van der Waals surface area contributed by atoms with Crippen molar-refractivity contribution in [2.75, 3.05) is 13.2 Å². The summed E-state index contributed by atoms with van der Waals surface area (Å²) in [5.74, 6) is -0.534. The van der Waals surface area contributed by atoms with E-state index in [9.17, 15) is 14.9 Å². The second-order valence-electron chi connectivity index (χ2n) is 7.48. The summed E-state index contributed by atoms with van der Waals surface area (Å²) in [6.45, 7) is 0.325. The van der Waals surface area contributed by atoms with Crippen LogP contribution in [0.3, 0.4) is 0 Å². The fourth-order valence-electron chi connectivity index (χ4n) is 3.60. The smallest absolute Gasteiger partial charge is 0.306 e. The molecule has 0 unspecified atom stereocenters. The predicted octanol–water partition coefficient (Wildman–Crippen LogP) is 5.03. The summed E-state index contributed by atoms with van der Waals surface area (Å²) in [7, 11) is 0. The Balaban J connectivity index is 1.42. The van der Waals surface area contributed by atoms with Crippen LogP contribution in [-0.4, -0.2) is 29.9 Å². The van der Waals surface area contributed by atoms with Crippen molar-refractivity contribution < 1.29 is 23.8 Å². The molecular weight excluding hydrogens is 502 g/mol. The molecular formula is C23H17BrClNO6. The van der Waals surface area contributed by atoms with E-state index in [4.69, 9.17) is 30.6 Å². The van der Waals surface area contributed by atoms with Crippen molar-refractivity contribution in [3.63, 3.8) is 0 Å². The molecule has 0 amide bonds. The number of ether oxygens (including phenoxy) is 2. The van der Waals surface area contributed by atoms with Crippen LogP contribution in [-0.2, 0) is 9.53 Å². The molecule has 1 aliphatic rings. The average molecular weight is 519 g/mol. The number of para-hydroxylation sites is 1. The molecule has 0 radical (unpaired) electrons. The fourth-order valence-corrected chi connectivity index (χ4v) is 4.30. The van der Waals surface area contributed by atoms with E-state index in [1.807, 2.05) is 0 Å². The first-order chi connectivity index (χ1) is 15.3. The van der Waals surface area contributed by atoms with E-state index < -0.39 is 17.5 Å². The van der Waals surface area contributed by atoms with Gasteiger partial charge >= 0.3 is 5.97 Å². The first-order valence-electron chi connectivity index (χ1n) is 9.75. The number of carbonyl (C=O) groups is 1. The summed E-state index contributed by atoms with van der Waals surface area (Å²) < 4.78 is 17.8. The van der Waals surface area contributed by atoms with Crippen molar-refractivity contribution in [2.45, 2.75) is 18.4 Å². The standard InChI is InChI=1S/C23H17BrClNO6/c24-16-8-13(20-9-18(27)15-2-1-3-17(25)21(15)32-20)4-5-19(16)30-6-7-31-23(12-26)10-14(11-23)22(28)29/h1-5,8-9,14H,6-7,10-11H2,(H,28,29)/t14-,23+. The number of benzene rings is 2. The molecule has 0 atom stereocenters. The largest absolute Gasteiger partial charge is 0.490 e. The Labute approximate surface area is 196 Å². The first kappa shape index (κ1) is 22.3. The summed E-state index contributed by atoms with van der Waals surface area (Å²) in [5.41, 5.74) is -0.248. The highest BCUT2D eigenvalue weighted by molar-refractivity contribution is 9.10. The lowest BCUT2D eigenvalue weighted by atomic mass is 9.71. The van der Waals surface area contributed by atoms with Gasteiger partial charge in [0.05, 0.1) is 33.5 Å². The Morgan fingerprint density at radius 3 is 2.75 bits per heavy atom. The number of hydrogen-bond acceptors (Lipinski definition) is 6. The zero-order valence-electron chi connectivity index (χ0n) is 16.6. The Morgan fingerprint density at radius 2 is 2.06 bits per heavy atom. The fraction of sp³-hybridized carbons (Fsp3) is 0.261. The van der Waals surface area contributed by atoms with Gasteiger partial charge in [-0.15, -0.1) is 0 Å². The third-order valence-corrected chi connectivity index (χ3v) is 6.26. The first-order valence-corrected chi connectivity index (χ1v) is 10.9. The van der Waals surface area contributed by atoms with Gasteiger partial charge < -0.3 is 19.0 Å². The van der Waals surface area contributed by atoms with E-state index in [2.05, 4.69) is 22.0 Å². The molecule has 0 bridgehead atoms. The number of carboxylic acids is 1. The van der Waals surface area contributed by atoms with Crippen LogP contribution < -0.4 is 10.2 Å². The molecule has 7 nitrogen and oxygen atoms in total. The van der Waals surface area contributed by atoms with E-state index in [-0.39, 0.29) is 31.5 Å². The normalized spacial score (nSPS) is 19.8. The zero-order valence-corrected chi connectivity index (χ0v) is 19.0. The van der Waals surface area contributed by atoms with Gasteiger partial charge in [0.15, 0.2) is 16.6 Å². The van der Waals surface area contributed by atoms with Crippen molar-refractivity contribution in [3.8, 4) is 23.1 Å². The second kappa shape index (κ2) is 8.94. The van der Waals surface area contributed by atoms with E-state index in [1.165, 1.54) is 6.07 Å². The van der Waals surface area contributed by atoms with Gasteiger partial charge in [0, 0.05) is 24.5 Å². The minimum absolute atomic E-state index is 0.145. The predicted molar refractivity (Wildman–Crippen MR) is 121 cm³/mol. The maximum atomic E-state index is 12.4. The SMILES string of the molecule is N#C[C@]1(OCCOc2ccc(-c3cc(=O)c4cccc(Cl)c4o3)cc2Br)C[C@@H](C(=O)O)C1. The van der Waals surface area contributed by atoms with E-state index in [0.717, 1.165) is 0 Å². The number of rotatable bonds is 7. The van der Waals surface area contributed by atoms with Crippen molar-refractivity contribution in [1.29, 1.82) is 5.26 Å². The number of halogens is 2. The van der Waals surface area contributed by atoms with Crippen molar-refractivity contribution >= 4 is 44.5 Å². The molecule has 2 aromatic carbocycles. The van der Waals surface area contributed by atoms with Gasteiger partial charge in [-0.05, 0) is 46.3 Å². The van der Waals surface area contributed by atoms with E-state index in [1.54, 1.807) is 36.4 Å². The summed E-state index contributed by atoms with van der Waals surface area (Å²) >= 11 is 9.63. The molecule has 164 valence electrons. The monoisotopic (exact) mass is 517 g/mol. The number of hydrogen-bond donors (Lipinski definition) is 1. The molecule has 1 aliphatic carbocycles. The van der Waals surface area contributed by atoms with Gasteiger partial charge in [0.25, 0.3) is 0 Å². The number of nitriles is 1. The number of aliphatic carboxylic acids is 1. The minimum Gasteiger partial charge on any atom is -0.490 e. The molecule has 9 heteroatoms. The number of nitrogens with zero attached hydrogens (tertiary/aromatic N) is 1. The van der Waals surface area contributed by atoms with Gasteiger partial charge in [-0.2, -0.15) is 5.26 Å². The zero-order chi connectivity index (χ0) is 22.9. The van der Waals surface area contributed by atoms with Crippen LogP contribution in [0.2, 0.25) is 5.02 Å². The van der Waals surface area contributed by atoms with Crippen LogP contribution in [0.4, 0.5) is 0 Å². The molecule has 4 rings (SSSR count). The summed E-state index contributed by atoms with van der Waals surface area (Å²) in [6, 6.07) is 13.7. The van der Waals surface area contributed by atoms with E-state index in [0.29, 0.717) is 37.5 Å². The molecule has 32 heavy (non-hydrogen) atoms. The Hall–Kier alpha value is -2.86. The molecule has 0 spiro atoms. The lowest BCUT2D eigenvalue weighted by Gasteiger charge is -2.39. The van der Waals surface area contributed by atoms with Gasteiger partial charge in [-0.25, -0.2) is 0 Å². The quantitative estimate of drug-likeness (QED) is 0.437. The molecule has 1 N–H and O–H groups in total. The third-order valence-electron chi connectivity index (χ3n) is 5.35. The molecule has 1 heterocycles. The molecule has 1 fully saturated rings. The van der Waals surface area contributed by atoms with Crippen LogP contribution in [0.25, 0.3) is 22.3 Å². The van der Waals surface area contributed by atoms with Crippen molar-refractivity contribution in [2.24, 2.45) is 5.92 Å². The highest BCUT2D eigenvalue weighted by Crippen LogP contribution is 2.40. The molecule has 1 aromatic heterocycles. The van der Waals surface area contributed by atoms with Crippen molar-refractivity contribution in [1.82, 2.24) is 0 Å². The van der Waals surface area contributed by atoms with Crippen LogP contribution in [0.15, 0.2) is 56.1 Å². The average Bonchev–Trinajstić information content (AvgIpc) is 2.74. The van der Waals surface area contributed by atoms with Crippen LogP contribution in [0.5, 0.6) is 5.75 Å². The number of fused-ring (bicyclic) bond motifs is 1. The summed E-state index contributed by atoms with van der Waals surface area (Å²) in [4.78, 5) is 23.4. The van der Waals surface area contributed by atoms with Crippen LogP contribution >= 0.6 is 27.5 Å². The Morgan fingerprint density at radius 1 is 1.28 bits per heavy atom. The maximum absolute atomic E-state index is 12.4. The third kappa shape index (κ3) is 4.37. The second-order valence-corrected chi connectivity index (χ2v) is 8.74. The highest BCUT2D eigenvalue weighted by atomic mass is 79.9. The van der Waals surface area contributed by atoms with Gasteiger partial charge in [0.1, 0.15) is 18.1 Å². The molecule has 0 saturated heterocycles.